The average Bonchev–Trinajstić information content (AvgIpc) is 2.94. The molecule has 21 heavy (non-hydrogen) atoms. The van der Waals surface area contributed by atoms with Gasteiger partial charge in [-0.1, -0.05) is 29.8 Å². The lowest BCUT2D eigenvalue weighted by molar-refractivity contribution is 0.902. The van der Waals surface area contributed by atoms with Crippen LogP contribution in [0.5, 0.6) is 0 Å². The largest absolute Gasteiger partial charge is 0.375 e. The Morgan fingerprint density at radius 1 is 1.24 bits per heavy atom. The van der Waals surface area contributed by atoms with Crippen LogP contribution in [0.3, 0.4) is 0 Å². The van der Waals surface area contributed by atoms with Crippen molar-refractivity contribution in [2.75, 3.05) is 5.32 Å². The van der Waals surface area contributed by atoms with E-state index in [1.807, 2.05) is 43.3 Å². The molecule has 0 aliphatic carbocycles. The van der Waals surface area contributed by atoms with E-state index in [4.69, 9.17) is 11.6 Å². The summed E-state index contributed by atoms with van der Waals surface area (Å²) >= 11 is 7.50. The summed E-state index contributed by atoms with van der Waals surface area (Å²) in [6.45, 7) is 2.03. The van der Waals surface area contributed by atoms with Gasteiger partial charge in [-0.3, -0.25) is 0 Å². The Morgan fingerprint density at radius 2 is 2.05 bits per heavy atom. The molecule has 0 saturated heterocycles. The number of benzene rings is 1. The molecule has 0 bridgehead atoms. The van der Waals surface area contributed by atoms with Crippen molar-refractivity contribution < 1.29 is 0 Å². The minimum atomic E-state index is 0.0298. The van der Waals surface area contributed by atoms with Gasteiger partial charge in [-0.15, -0.1) is 21.5 Å². The van der Waals surface area contributed by atoms with Gasteiger partial charge in [-0.2, -0.15) is 5.26 Å². The molecule has 2 aromatic heterocycles. The van der Waals surface area contributed by atoms with E-state index in [1.54, 1.807) is 0 Å². The second-order valence-corrected chi connectivity index (χ2v) is 6.31. The van der Waals surface area contributed by atoms with Crippen molar-refractivity contribution in [3.63, 3.8) is 0 Å². The van der Waals surface area contributed by atoms with Gasteiger partial charge in [0.05, 0.1) is 21.6 Å². The molecule has 0 spiro atoms. The fraction of sp³-hybridized carbons (Fsp3) is 0.133. The lowest BCUT2D eigenvalue weighted by atomic mass is 10.1. The molecular formula is C15H11ClN4S. The van der Waals surface area contributed by atoms with Crippen LogP contribution >= 0.6 is 22.9 Å². The number of hydrogen-bond donors (Lipinski definition) is 1. The van der Waals surface area contributed by atoms with Crippen molar-refractivity contribution in [1.29, 1.82) is 5.26 Å². The number of rotatable bonds is 3. The van der Waals surface area contributed by atoms with Crippen molar-refractivity contribution >= 4 is 39.5 Å². The molecule has 4 nitrogen and oxygen atoms in total. The summed E-state index contributed by atoms with van der Waals surface area (Å²) in [5.41, 5.74) is 1.76. The van der Waals surface area contributed by atoms with Crippen LogP contribution < -0.4 is 5.32 Å². The van der Waals surface area contributed by atoms with Gasteiger partial charge >= 0.3 is 0 Å². The molecule has 1 atom stereocenters. The van der Waals surface area contributed by atoms with Crippen molar-refractivity contribution in [2.45, 2.75) is 13.0 Å². The van der Waals surface area contributed by atoms with E-state index in [0.717, 1.165) is 20.1 Å². The van der Waals surface area contributed by atoms with Gasteiger partial charge in [0.1, 0.15) is 6.07 Å². The lowest BCUT2D eigenvalue weighted by Gasteiger charge is -2.15. The average molecular weight is 315 g/mol. The van der Waals surface area contributed by atoms with Crippen molar-refractivity contribution in [2.24, 2.45) is 0 Å². The Hall–Kier alpha value is -2.16. The maximum atomic E-state index is 9.25. The molecule has 1 aromatic carbocycles. The van der Waals surface area contributed by atoms with E-state index in [2.05, 4.69) is 21.6 Å². The minimum absolute atomic E-state index is 0.0298. The SMILES string of the molecule is CC(Nc1c(C#N)nnc2ccccc12)c1ccc(Cl)s1. The smallest absolute Gasteiger partial charge is 0.186 e. The molecule has 3 aromatic rings. The number of anilines is 1. The number of nitrogens with zero attached hydrogens (tertiary/aromatic N) is 3. The third-order valence-corrected chi connectivity index (χ3v) is 4.57. The standard InChI is InChI=1S/C15H11ClN4S/c1-9(13-6-7-14(16)21-13)18-15-10-4-2-3-5-11(10)19-20-12(15)8-17/h2-7,9H,1H3,(H,18,19). The molecule has 2 heterocycles. The first-order valence-corrected chi connectivity index (χ1v) is 7.56. The molecule has 0 saturated carbocycles. The van der Waals surface area contributed by atoms with Crippen molar-refractivity contribution in [3.05, 3.63) is 51.3 Å². The lowest BCUT2D eigenvalue weighted by Crippen LogP contribution is -2.08. The van der Waals surface area contributed by atoms with E-state index in [1.165, 1.54) is 11.3 Å². The summed E-state index contributed by atoms with van der Waals surface area (Å²) in [5.74, 6) is 0. The Bertz CT molecular complexity index is 837. The highest BCUT2D eigenvalue weighted by Gasteiger charge is 2.14. The zero-order valence-corrected chi connectivity index (χ0v) is 12.7. The predicted octanol–water partition coefficient (Wildman–Crippen LogP) is 4.39. The number of thiophene rings is 1. The highest BCUT2D eigenvalue weighted by molar-refractivity contribution is 7.16. The minimum Gasteiger partial charge on any atom is -0.375 e. The first kappa shape index (κ1) is 13.8. The van der Waals surface area contributed by atoms with E-state index in [-0.39, 0.29) is 6.04 Å². The van der Waals surface area contributed by atoms with Crippen molar-refractivity contribution in [1.82, 2.24) is 10.2 Å². The van der Waals surface area contributed by atoms with Gasteiger partial charge in [0.15, 0.2) is 5.69 Å². The number of halogens is 1. The molecule has 0 fully saturated rings. The quantitative estimate of drug-likeness (QED) is 0.778. The number of hydrogen-bond acceptors (Lipinski definition) is 5. The Kier molecular flexibility index (Phi) is 3.74. The summed E-state index contributed by atoms with van der Waals surface area (Å²) in [6, 6.07) is 13.6. The van der Waals surface area contributed by atoms with Gasteiger partial charge in [-0.05, 0) is 25.1 Å². The zero-order valence-electron chi connectivity index (χ0n) is 11.2. The van der Waals surface area contributed by atoms with Gasteiger partial charge in [0.2, 0.25) is 0 Å². The van der Waals surface area contributed by atoms with Gasteiger partial charge in [0, 0.05) is 10.3 Å². The molecule has 3 rings (SSSR count). The third-order valence-electron chi connectivity index (χ3n) is 3.16. The number of nitrogens with one attached hydrogen (secondary N) is 1. The third kappa shape index (κ3) is 2.68. The molecule has 6 heteroatoms. The normalized spacial score (nSPS) is 12.0. The van der Waals surface area contributed by atoms with E-state index in [0.29, 0.717) is 11.4 Å². The van der Waals surface area contributed by atoms with Crippen LogP contribution in [-0.4, -0.2) is 10.2 Å². The Labute approximate surface area is 131 Å². The first-order chi connectivity index (χ1) is 10.2. The highest BCUT2D eigenvalue weighted by Crippen LogP contribution is 2.32. The molecule has 1 N–H and O–H groups in total. The van der Waals surface area contributed by atoms with Gasteiger partial charge < -0.3 is 5.32 Å². The van der Waals surface area contributed by atoms with E-state index >= 15 is 0 Å². The monoisotopic (exact) mass is 314 g/mol. The number of aromatic nitrogens is 2. The number of fused-ring (bicyclic) bond motifs is 1. The second-order valence-electron chi connectivity index (χ2n) is 4.56. The molecule has 104 valence electrons. The number of nitriles is 1. The van der Waals surface area contributed by atoms with E-state index in [9.17, 15) is 5.26 Å². The van der Waals surface area contributed by atoms with Crippen molar-refractivity contribution in [3.8, 4) is 6.07 Å². The fourth-order valence-corrected chi connectivity index (χ4v) is 3.19. The highest BCUT2D eigenvalue weighted by atomic mass is 35.5. The van der Waals surface area contributed by atoms with Gasteiger partial charge in [-0.25, -0.2) is 0 Å². The molecule has 1 unspecified atom stereocenters. The summed E-state index contributed by atoms with van der Waals surface area (Å²) in [6.07, 6.45) is 0. The van der Waals surface area contributed by atoms with Crippen LogP contribution in [-0.2, 0) is 0 Å². The van der Waals surface area contributed by atoms with E-state index < -0.39 is 0 Å². The van der Waals surface area contributed by atoms with Crippen LogP contribution in [0.15, 0.2) is 36.4 Å². The molecular weight excluding hydrogens is 304 g/mol. The summed E-state index contributed by atoms with van der Waals surface area (Å²) in [4.78, 5) is 1.10. The van der Waals surface area contributed by atoms with Gasteiger partial charge in [0.25, 0.3) is 0 Å². The summed E-state index contributed by atoms with van der Waals surface area (Å²) in [5, 5.41) is 21.5. The first-order valence-electron chi connectivity index (χ1n) is 6.36. The van der Waals surface area contributed by atoms with Crippen LogP contribution in [0.2, 0.25) is 4.34 Å². The topological polar surface area (TPSA) is 61.6 Å². The Balaban J connectivity index is 2.05. The zero-order chi connectivity index (χ0) is 14.8. The summed E-state index contributed by atoms with van der Waals surface area (Å²) in [7, 11) is 0. The molecule has 0 radical (unpaired) electrons. The molecule has 0 aliphatic heterocycles. The predicted molar refractivity (Wildman–Crippen MR) is 85.6 cm³/mol. The fourth-order valence-electron chi connectivity index (χ4n) is 2.13. The van der Waals surface area contributed by atoms with Crippen LogP contribution in [0.4, 0.5) is 5.69 Å². The maximum absolute atomic E-state index is 9.25. The maximum Gasteiger partial charge on any atom is 0.186 e. The van der Waals surface area contributed by atoms with Crippen LogP contribution in [0.1, 0.15) is 23.5 Å². The molecule has 0 aliphatic rings. The Morgan fingerprint density at radius 3 is 2.76 bits per heavy atom. The van der Waals surface area contributed by atoms with Crippen LogP contribution in [0, 0.1) is 11.3 Å². The van der Waals surface area contributed by atoms with Crippen LogP contribution in [0.25, 0.3) is 10.9 Å². The summed E-state index contributed by atoms with van der Waals surface area (Å²) < 4.78 is 0.747. The second kappa shape index (κ2) is 5.68. The molecule has 0 amide bonds.